The molecule has 2 aliphatic rings. The van der Waals surface area contributed by atoms with Gasteiger partial charge in [-0.15, -0.1) is 0 Å². The third-order valence-corrected chi connectivity index (χ3v) is 5.05. The van der Waals surface area contributed by atoms with Gasteiger partial charge in [0.25, 0.3) is 0 Å². The molecule has 0 amide bonds. The summed E-state index contributed by atoms with van der Waals surface area (Å²) in [5, 5.41) is 3.65. The maximum atomic E-state index is 5.56. The first-order valence-corrected chi connectivity index (χ1v) is 8.16. The molecule has 0 aromatic heterocycles. The lowest BCUT2D eigenvalue weighted by atomic mass is 9.56. The van der Waals surface area contributed by atoms with Crippen molar-refractivity contribution in [3.05, 3.63) is 29.8 Å². The smallest absolute Gasteiger partial charge is 0.119 e. The molecule has 1 N–H and O–H groups in total. The van der Waals surface area contributed by atoms with Crippen molar-refractivity contribution in [1.82, 2.24) is 5.32 Å². The molecule has 0 unspecified atom stereocenters. The van der Waals surface area contributed by atoms with Crippen LogP contribution in [0.1, 0.15) is 51.5 Å². The number of nitrogens with one attached hydrogen (secondary N) is 1. The van der Waals surface area contributed by atoms with Crippen molar-refractivity contribution < 1.29 is 4.74 Å². The lowest BCUT2D eigenvalue weighted by Crippen LogP contribution is -2.49. The van der Waals surface area contributed by atoms with E-state index >= 15 is 0 Å². The molecule has 2 fully saturated rings. The van der Waals surface area contributed by atoms with Gasteiger partial charge in [0.1, 0.15) is 5.75 Å². The molecule has 0 aliphatic heterocycles. The van der Waals surface area contributed by atoms with Crippen LogP contribution in [0, 0.1) is 5.41 Å². The summed E-state index contributed by atoms with van der Waals surface area (Å²) in [6.07, 6.45) is 6.89. The van der Waals surface area contributed by atoms with Crippen molar-refractivity contribution in [3.8, 4) is 5.75 Å². The van der Waals surface area contributed by atoms with Crippen molar-refractivity contribution in [2.75, 3.05) is 19.7 Å². The minimum Gasteiger partial charge on any atom is -0.494 e. The van der Waals surface area contributed by atoms with Crippen LogP contribution in [-0.2, 0) is 5.41 Å². The van der Waals surface area contributed by atoms with Crippen LogP contribution in [0.3, 0.4) is 0 Å². The molecule has 2 heteroatoms. The third-order valence-electron chi connectivity index (χ3n) is 5.05. The molecule has 20 heavy (non-hydrogen) atoms. The van der Waals surface area contributed by atoms with E-state index in [-0.39, 0.29) is 0 Å². The summed E-state index contributed by atoms with van der Waals surface area (Å²) in [7, 11) is 0. The van der Waals surface area contributed by atoms with Crippen LogP contribution in [0.4, 0.5) is 0 Å². The summed E-state index contributed by atoms with van der Waals surface area (Å²) >= 11 is 0. The molecule has 3 rings (SSSR count). The Labute approximate surface area is 122 Å². The van der Waals surface area contributed by atoms with Gasteiger partial charge in [-0.05, 0) is 68.7 Å². The summed E-state index contributed by atoms with van der Waals surface area (Å²) in [5.74, 6) is 0.994. The first kappa shape index (κ1) is 13.9. The van der Waals surface area contributed by atoms with Crippen LogP contribution in [0.25, 0.3) is 0 Å². The van der Waals surface area contributed by atoms with E-state index in [4.69, 9.17) is 4.74 Å². The standard InChI is InChI=1S/C18H27NO/c1-3-11-19-14-18(12-17(13-18)9-10-17)15-5-7-16(8-6-15)20-4-2/h5-8,19H,3-4,9-14H2,1-2H3. The van der Waals surface area contributed by atoms with E-state index in [9.17, 15) is 0 Å². The second kappa shape index (κ2) is 5.40. The van der Waals surface area contributed by atoms with Gasteiger partial charge in [-0.1, -0.05) is 19.1 Å². The highest BCUT2D eigenvalue weighted by molar-refractivity contribution is 5.37. The van der Waals surface area contributed by atoms with Crippen LogP contribution < -0.4 is 10.1 Å². The van der Waals surface area contributed by atoms with E-state index < -0.39 is 0 Å². The lowest BCUT2D eigenvalue weighted by Gasteiger charge is -2.49. The fourth-order valence-corrected chi connectivity index (χ4v) is 3.92. The first-order chi connectivity index (χ1) is 9.72. The summed E-state index contributed by atoms with van der Waals surface area (Å²) in [6, 6.07) is 8.85. The van der Waals surface area contributed by atoms with Gasteiger partial charge in [0.2, 0.25) is 0 Å². The number of ether oxygens (including phenoxy) is 1. The third kappa shape index (κ3) is 2.58. The number of benzene rings is 1. The van der Waals surface area contributed by atoms with Gasteiger partial charge in [0.05, 0.1) is 6.61 Å². The van der Waals surface area contributed by atoms with Crippen LogP contribution in [-0.4, -0.2) is 19.7 Å². The van der Waals surface area contributed by atoms with Gasteiger partial charge >= 0.3 is 0 Å². The molecule has 2 saturated carbocycles. The fraction of sp³-hybridized carbons (Fsp3) is 0.667. The van der Waals surface area contributed by atoms with Gasteiger partial charge < -0.3 is 10.1 Å². The lowest BCUT2D eigenvalue weighted by molar-refractivity contribution is 0.116. The Morgan fingerprint density at radius 3 is 2.35 bits per heavy atom. The van der Waals surface area contributed by atoms with Gasteiger partial charge in [-0.3, -0.25) is 0 Å². The topological polar surface area (TPSA) is 21.3 Å². The van der Waals surface area contributed by atoms with Crippen molar-refractivity contribution >= 4 is 0 Å². The molecule has 1 aromatic rings. The number of rotatable bonds is 7. The molecule has 0 saturated heterocycles. The van der Waals surface area contributed by atoms with E-state index in [0.29, 0.717) is 5.41 Å². The second-order valence-electron chi connectivity index (χ2n) is 6.77. The van der Waals surface area contributed by atoms with Gasteiger partial charge in [0, 0.05) is 12.0 Å². The van der Waals surface area contributed by atoms with Crippen molar-refractivity contribution in [2.24, 2.45) is 5.41 Å². The van der Waals surface area contributed by atoms with Crippen molar-refractivity contribution in [3.63, 3.8) is 0 Å². The molecule has 110 valence electrons. The summed E-state index contributed by atoms with van der Waals surface area (Å²) in [4.78, 5) is 0. The Morgan fingerprint density at radius 1 is 1.10 bits per heavy atom. The molecular weight excluding hydrogens is 246 g/mol. The second-order valence-corrected chi connectivity index (χ2v) is 6.77. The monoisotopic (exact) mass is 273 g/mol. The van der Waals surface area contributed by atoms with Crippen LogP contribution >= 0.6 is 0 Å². The molecule has 0 heterocycles. The van der Waals surface area contributed by atoms with Crippen LogP contribution in [0.2, 0.25) is 0 Å². The average molecular weight is 273 g/mol. The Hall–Kier alpha value is -1.02. The number of hydrogen-bond acceptors (Lipinski definition) is 2. The molecule has 0 bridgehead atoms. The number of hydrogen-bond donors (Lipinski definition) is 1. The largest absolute Gasteiger partial charge is 0.494 e. The highest BCUT2D eigenvalue weighted by Gasteiger charge is 2.60. The molecule has 0 radical (unpaired) electrons. The minimum absolute atomic E-state index is 0.385. The Bertz CT molecular complexity index is 439. The van der Waals surface area contributed by atoms with Crippen LogP contribution in [0.15, 0.2) is 24.3 Å². The Kier molecular flexibility index (Phi) is 3.76. The summed E-state index contributed by atoms with van der Waals surface area (Å²) < 4.78 is 5.56. The minimum atomic E-state index is 0.385. The summed E-state index contributed by atoms with van der Waals surface area (Å²) in [6.45, 7) is 7.28. The zero-order valence-corrected chi connectivity index (χ0v) is 12.9. The van der Waals surface area contributed by atoms with Crippen molar-refractivity contribution in [2.45, 2.75) is 51.4 Å². The summed E-state index contributed by atoms with van der Waals surface area (Å²) in [5.41, 5.74) is 2.62. The van der Waals surface area contributed by atoms with E-state index in [0.717, 1.165) is 30.9 Å². The molecule has 2 nitrogen and oxygen atoms in total. The molecule has 1 aromatic carbocycles. The molecule has 2 aliphatic carbocycles. The average Bonchev–Trinajstić information content (AvgIpc) is 3.19. The zero-order valence-electron chi connectivity index (χ0n) is 12.9. The van der Waals surface area contributed by atoms with Gasteiger partial charge in [-0.25, -0.2) is 0 Å². The van der Waals surface area contributed by atoms with E-state index in [2.05, 4.69) is 36.5 Å². The highest BCUT2D eigenvalue weighted by atomic mass is 16.5. The normalized spacial score (nSPS) is 21.5. The van der Waals surface area contributed by atoms with E-state index in [1.54, 1.807) is 0 Å². The van der Waals surface area contributed by atoms with Gasteiger partial charge in [0.15, 0.2) is 0 Å². The Morgan fingerprint density at radius 2 is 1.80 bits per heavy atom. The molecular formula is C18H27NO. The predicted octanol–water partition coefficient (Wildman–Crippen LogP) is 3.90. The van der Waals surface area contributed by atoms with Gasteiger partial charge in [-0.2, -0.15) is 0 Å². The van der Waals surface area contributed by atoms with Crippen molar-refractivity contribution in [1.29, 1.82) is 0 Å². The SMILES string of the molecule is CCCNCC1(c2ccc(OCC)cc2)CC2(CC2)C1. The maximum Gasteiger partial charge on any atom is 0.119 e. The van der Waals surface area contributed by atoms with E-state index in [1.807, 2.05) is 6.92 Å². The van der Waals surface area contributed by atoms with Crippen LogP contribution in [0.5, 0.6) is 5.75 Å². The Balaban J connectivity index is 1.71. The first-order valence-electron chi connectivity index (χ1n) is 8.16. The highest BCUT2D eigenvalue weighted by Crippen LogP contribution is 2.68. The zero-order chi connectivity index (χ0) is 14.1. The fourth-order valence-electron chi connectivity index (χ4n) is 3.92. The van der Waals surface area contributed by atoms with E-state index in [1.165, 1.54) is 37.7 Å². The quantitative estimate of drug-likeness (QED) is 0.761. The predicted molar refractivity (Wildman–Crippen MR) is 83.4 cm³/mol. The maximum absolute atomic E-state index is 5.56. The molecule has 0 atom stereocenters. The molecule has 1 spiro atoms.